The van der Waals surface area contributed by atoms with Gasteiger partial charge in [0, 0.05) is 6.42 Å². The number of benzene rings is 3. The lowest BCUT2D eigenvalue weighted by molar-refractivity contribution is -0.122. The van der Waals surface area contributed by atoms with E-state index in [4.69, 9.17) is 38.0 Å². The van der Waals surface area contributed by atoms with Crippen LogP contribution in [0.25, 0.3) is 6.08 Å². The number of hydrogen-bond acceptors (Lipinski definition) is 6. The number of halogens is 1. The minimum atomic E-state index is -0.123. The number of amides is 1. The summed E-state index contributed by atoms with van der Waals surface area (Å²) in [7, 11) is 0. The van der Waals surface area contributed by atoms with Gasteiger partial charge in [-0.25, -0.2) is 0 Å². The molecule has 0 N–H and O–H groups in total. The molecule has 0 bridgehead atoms. The fourth-order valence-corrected chi connectivity index (χ4v) is 5.45. The summed E-state index contributed by atoms with van der Waals surface area (Å²) >= 11 is 13.4. The summed E-state index contributed by atoms with van der Waals surface area (Å²) in [4.78, 5) is 15.2. The van der Waals surface area contributed by atoms with Crippen LogP contribution in [0.2, 0.25) is 5.02 Å². The Morgan fingerprint density at radius 2 is 1.74 bits per heavy atom. The lowest BCUT2D eigenvalue weighted by atomic mass is 10.1. The van der Waals surface area contributed by atoms with Crippen molar-refractivity contribution in [2.24, 2.45) is 0 Å². The maximum atomic E-state index is 13.1. The van der Waals surface area contributed by atoms with Crippen LogP contribution in [0.3, 0.4) is 0 Å². The molecule has 0 radical (unpaired) electrons. The summed E-state index contributed by atoms with van der Waals surface area (Å²) in [5, 5.41) is 0.414. The minimum absolute atomic E-state index is 0.123. The Bertz CT molecular complexity index is 1340. The van der Waals surface area contributed by atoms with Gasteiger partial charge in [-0.2, -0.15) is 0 Å². The van der Waals surface area contributed by atoms with Crippen LogP contribution in [0.4, 0.5) is 0 Å². The van der Waals surface area contributed by atoms with Crippen molar-refractivity contribution < 1.29 is 19.0 Å². The number of rotatable bonds is 11. The first-order valence-corrected chi connectivity index (χ1v) is 14.0. The SMILES string of the molecule is CCOc1cc(/C=C2\SC(=S)N(Cc3ccccc3)C2=O)cc(Cl)c1OCCCOc1cccc(C)c1C. The molecule has 3 aromatic rings. The summed E-state index contributed by atoms with van der Waals surface area (Å²) in [6.07, 6.45) is 2.47. The lowest BCUT2D eigenvalue weighted by Gasteiger charge is -2.15. The first kappa shape index (κ1) is 28.0. The highest BCUT2D eigenvalue weighted by Crippen LogP contribution is 2.39. The molecule has 1 fully saturated rings. The normalized spacial score (nSPS) is 14.3. The second-order valence-corrected chi connectivity index (χ2v) is 10.8. The average Bonchev–Trinajstić information content (AvgIpc) is 3.15. The molecular formula is C30H30ClNO4S2. The van der Waals surface area contributed by atoms with Gasteiger partial charge in [0.1, 0.15) is 10.1 Å². The summed E-state index contributed by atoms with van der Waals surface area (Å²) in [5.41, 5.74) is 4.10. The molecule has 0 unspecified atom stereocenters. The van der Waals surface area contributed by atoms with E-state index in [0.29, 0.717) is 58.5 Å². The zero-order valence-electron chi connectivity index (χ0n) is 21.7. The first-order chi connectivity index (χ1) is 18.4. The van der Waals surface area contributed by atoms with Crippen molar-refractivity contribution in [3.8, 4) is 17.2 Å². The van der Waals surface area contributed by atoms with Crippen LogP contribution in [-0.4, -0.2) is 34.9 Å². The molecule has 0 atom stereocenters. The fraction of sp³-hybridized carbons (Fsp3) is 0.267. The van der Waals surface area contributed by atoms with Crippen LogP contribution < -0.4 is 14.2 Å². The second kappa shape index (κ2) is 13.2. The van der Waals surface area contributed by atoms with E-state index in [1.165, 1.54) is 17.3 Å². The molecule has 5 nitrogen and oxygen atoms in total. The van der Waals surface area contributed by atoms with E-state index in [9.17, 15) is 4.79 Å². The van der Waals surface area contributed by atoms with Crippen LogP contribution in [0, 0.1) is 13.8 Å². The van der Waals surface area contributed by atoms with Crippen molar-refractivity contribution in [3.63, 3.8) is 0 Å². The number of thioether (sulfide) groups is 1. The average molecular weight is 568 g/mol. The van der Waals surface area contributed by atoms with Gasteiger partial charge in [-0.05, 0) is 67.3 Å². The molecule has 0 aliphatic carbocycles. The van der Waals surface area contributed by atoms with Crippen LogP contribution in [0.5, 0.6) is 17.2 Å². The van der Waals surface area contributed by atoms with Gasteiger partial charge in [-0.3, -0.25) is 9.69 Å². The van der Waals surface area contributed by atoms with Crippen molar-refractivity contribution in [1.82, 2.24) is 4.90 Å². The number of carbonyl (C=O) groups is 1. The van der Waals surface area contributed by atoms with Crippen molar-refractivity contribution in [3.05, 3.63) is 92.8 Å². The summed E-state index contributed by atoms with van der Waals surface area (Å²) in [6.45, 7) is 7.85. The van der Waals surface area contributed by atoms with E-state index >= 15 is 0 Å². The largest absolute Gasteiger partial charge is 0.493 e. The molecule has 8 heteroatoms. The minimum Gasteiger partial charge on any atom is -0.493 e. The van der Waals surface area contributed by atoms with Gasteiger partial charge in [0.15, 0.2) is 11.5 Å². The molecule has 1 saturated heterocycles. The van der Waals surface area contributed by atoms with Gasteiger partial charge >= 0.3 is 0 Å². The third-order valence-electron chi connectivity index (χ3n) is 6.03. The number of nitrogens with zero attached hydrogens (tertiary/aromatic N) is 1. The maximum Gasteiger partial charge on any atom is 0.266 e. The van der Waals surface area contributed by atoms with Gasteiger partial charge < -0.3 is 14.2 Å². The van der Waals surface area contributed by atoms with Crippen LogP contribution >= 0.6 is 35.6 Å². The van der Waals surface area contributed by atoms with E-state index in [1.807, 2.05) is 55.5 Å². The predicted octanol–water partition coefficient (Wildman–Crippen LogP) is 7.60. The summed E-state index contributed by atoms with van der Waals surface area (Å²) in [5.74, 6) is 1.77. The lowest BCUT2D eigenvalue weighted by Crippen LogP contribution is -2.27. The molecule has 38 heavy (non-hydrogen) atoms. The fourth-order valence-electron chi connectivity index (χ4n) is 3.92. The molecule has 1 aliphatic heterocycles. The first-order valence-electron chi connectivity index (χ1n) is 12.4. The highest BCUT2D eigenvalue weighted by molar-refractivity contribution is 8.26. The number of carbonyl (C=O) groups excluding carboxylic acids is 1. The van der Waals surface area contributed by atoms with Crippen molar-refractivity contribution >= 4 is 51.9 Å². The van der Waals surface area contributed by atoms with Crippen molar-refractivity contribution in [2.75, 3.05) is 19.8 Å². The topological polar surface area (TPSA) is 48.0 Å². The summed E-state index contributed by atoms with van der Waals surface area (Å²) in [6, 6.07) is 19.4. The zero-order chi connectivity index (χ0) is 27.1. The molecule has 0 aromatic heterocycles. The summed E-state index contributed by atoms with van der Waals surface area (Å²) < 4.78 is 18.3. The Morgan fingerprint density at radius 1 is 0.974 bits per heavy atom. The van der Waals surface area contributed by atoms with E-state index < -0.39 is 0 Å². The van der Waals surface area contributed by atoms with Crippen LogP contribution in [0.15, 0.2) is 65.6 Å². The van der Waals surface area contributed by atoms with Crippen LogP contribution in [-0.2, 0) is 11.3 Å². The standard InChI is InChI=1S/C30H30ClNO4S2/c1-4-34-26-17-23(18-27-29(33)32(30(37)38-27)19-22-11-6-5-7-12-22)16-24(31)28(26)36-15-9-14-35-25-13-8-10-20(2)21(25)3/h5-8,10-13,16-18H,4,9,14-15,19H2,1-3H3/b27-18-. The van der Waals surface area contributed by atoms with E-state index in [1.54, 1.807) is 17.0 Å². The van der Waals surface area contributed by atoms with Gasteiger partial charge in [0.25, 0.3) is 5.91 Å². The van der Waals surface area contributed by atoms with E-state index in [0.717, 1.165) is 22.4 Å². The number of ether oxygens (including phenoxy) is 3. The van der Waals surface area contributed by atoms with Crippen LogP contribution in [0.1, 0.15) is 35.6 Å². The van der Waals surface area contributed by atoms with Gasteiger partial charge in [-0.1, -0.05) is 78.0 Å². The highest BCUT2D eigenvalue weighted by Gasteiger charge is 2.32. The molecule has 1 amide bonds. The smallest absolute Gasteiger partial charge is 0.266 e. The molecule has 3 aromatic carbocycles. The molecule has 1 heterocycles. The van der Waals surface area contributed by atoms with E-state index in [2.05, 4.69) is 19.9 Å². The predicted molar refractivity (Wildman–Crippen MR) is 159 cm³/mol. The molecule has 1 aliphatic rings. The number of hydrogen-bond donors (Lipinski definition) is 0. The molecular weight excluding hydrogens is 538 g/mol. The zero-order valence-corrected chi connectivity index (χ0v) is 24.0. The van der Waals surface area contributed by atoms with Gasteiger partial charge in [0.05, 0.1) is 36.3 Å². The number of thiocarbonyl (C=S) groups is 1. The Labute approximate surface area is 238 Å². The third-order valence-corrected chi connectivity index (χ3v) is 7.69. The van der Waals surface area contributed by atoms with E-state index in [-0.39, 0.29) is 5.91 Å². The Kier molecular flexibility index (Phi) is 9.72. The molecule has 0 spiro atoms. The Balaban J connectivity index is 1.41. The van der Waals surface area contributed by atoms with Crippen molar-refractivity contribution in [2.45, 2.75) is 33.7 Å². The van der Waals surface area contributed by atoms with Crippen molar-refractivity contribution in [1.29, 1.82) is 0 Å². The quantitative estimate of drug-likeness (QED) is 0.135. The monoisotopic (exact) mass is 567 g/mol. The molecule has 198 valence electrons. The molecule has 4 rings (SSSR count). The Hall–Kier alpha value is -3.00. The molecule has 0 saturated carbocycles. The maximum absolute atomic E-state index is 13.1. The van der Waals surface area contributed by atoms with Gasteiger partial charge in [0.2, 0.25) is 0 Å². The Morgan fingerprint density at radius 3 is 2.50 bits per heavy atom. The van der Waals surface area contributed by atoms with Gasteiger partial charge in [-0.15, -0.1) is 0 Å². The third kappa shape index (κ3) is 6.90. The second-order valence-electron chi connectivity index (χ2n) is 8.76. The number of aryl methyl sites for hydroxylation is 1. The highest BCUT2D eigenvalue weighted by atomic mass is 35.5.